The van der Waals surface area contributed by atoms with Crippen molar-refractivity contribution in [2.75, 3.05) is 6.61 Å². The van der Waals surface area contributed by atoms with E-state index in [1.165, 1.54) is 0 Å². The van der Waals surface area contributed by atoms with Crippen molar-refractivity contribution in [1.82, 2.24) is 10.2 Å². The van der Waals surface area contributed by atoms with Gasteiger partial charge in [-0.25, -0.2) is 0 Å². The van der Waals surface area contributed by atoms with Crippen LogP contribution in [0.3, 0.4) is 0 Å². The maximum atomic E-state index is 11.0. The molecule has 5 rings (SSSR count). The minimum absolute atomic E-state index is 0.155. The van der Waals surface area contributed by atoms with E-state index in [2.05, 4.69) is 10.2 Å². The van der Waals surface area contributed by atoms with Gasteiger partial charge in [0.25, 0.3) is 5.79 Å². The van der Waals surface area contributed by atoms with Crippen LogP contribution in [0.5, 0.6) is 5.75 Å². The summed E-state index contributed by atoms with van der Waals surface area (Å²) in [5.74, 6) is -2.52. The van der Waals surface area contributed by atoms with E-state index in [1.807, 2.05) is 37.3 Å². The molecule has 0 amide bonds. The predicted molar refractivity (Wildman–Crippen MR) is 120 cm³/mol. The number of fused-ring (bicyclic) bond motifs is 2. The standard InChI is InChI=1S/C24H26N2O8/c1-12-8-16-20(15(25-26-16)4-2-13-3-5-17-14(10-13)6-7-32-17)18(9-12)34-24(31)22(29)21(28)19(11-27)33-23(24)30/h3,5-10,19,21-23,27-31H,2,4,11H2,1H3,(H,25,26)/t19-,21-,22+,23+,24+/m1/s1. The van der Waals surface area contributed by atoms with Crippen LogP contribution in [0.25, 0.3) is 21.9 Å². The van der Waals surface area contributed by atoms with E-state index in [0.29, 0.717) is 23.7 Å². The fraction of sp³-hybridized carbons (Fsp3) is 0.375. The molecular formula is C24H26N2O8. The van der Waals surface area contributed by atoms with Gasteiger partial charge in [0.15, 0.2) is 6.10 Å². The molecule has 10 nitrogen and oxygen atoms in total. The molecule has 2 aromatic heterocycles. The van der Waals surface area contributed by atoms with Crippen LogP contribution >= 0.6 is 0 Å². The summed E-state index contributed by atoms with van der Waals surface area (Å²) >= 11 is 0. The number of H-pyrrole nitrogens is 1. The molecule has 34 heavy (non-hydrogen) atoms. The lowest BCUT2D eigenvalue weighted by molar-refractivity contribution is -0.385. The molecule has 0 radical (unpaired) electrons. The van der Waals surface area contributed by atoms with E-state index < -0.39 is 37.0 Å². The molecule has 10 heteroatoms. The van der Waals surface area contributed by atoms with Gasteiger partial charge in [-0.2, -0.15) is 5.10 Å². The number of rotatable bonds is 6. The van der Waals surface area contributed by atoms with E-state index in [0.717, 1.165) is 27.8 Å². The Morgan fingerprint density at radius 1 is 1.12 bits per heavy atom. The lowest BCUT2D eigenvalue weighted by Crippen LogP contribution is -2.69. The molecule has 0 unspecified atom stereocenters. The van der Waals surface area contributed by atoms with E-state index in [9.17, 15) is 25.5 Å². The minimum Gasteiger partial charge on any atom is -0.464 e. The fourth-order valence-corrected chi connectivity index (χ4v) is 4.39. The Labute approximate surface area is 194 Å². The highest BCUT2D eigenvalue weighted by molar-refractivity contribution is 5.88. The molecule has 3 heterocycles. The summed E-state index contributed by atoms with van der Waals surface area (Å²) < 4.78 is 16.2. The Hall–Kier alpha value is -2.99. The molecule has 0 spiro atoms. The second kappa shape index (κ2) is 8.66. The Morgan fingerprint density at radius 2 is 1.94 bits per heavy atom. The van der Waals surface area contributed by atoms with Gasteiger partial charge in [-0.05, 0) is 61.2 Å². The lowest BCUT2D eigenvalue weighted by Gasteiger charge is -2.45. The molecule has 4 aromatic rings. The fourth-order valence-electron chi connectivity index (χ4n) is 4.39. The number of benzene rings is 2. The van der Waals surface area contributed by atoms with Crippen LogP contribution in [0.1, 0.15) is 16.8 Å². The van der Waals surface area contributed by atoms with Crippen LogP contribution in [0, 0.1) is 6.92 Å². The quantitative estimate of drug-likeness (QED) is 0.225. The highest BCUT2D eigenvalue weighted by Crippen LogP contribution is 2.37. The average molecular weight is 470 g/mol. The van der Waals surface area contributed by atoms with Crippen molar-refractivity contribution < 1.29 is 39.4 Å². The van der Waals surface area contributed by atoms with Crippen LogP contribution in [0.4, 0.5) is 0 Å². The molecule has 1 aliphatic rings. The van der Waals surface area contributed by atoms with Gasteiger partial charge in [0.2, 0.25) is 6.29 Å². The number of aromatic nitrogens is 2. The van der Waals surface area contributed by atoms with E-state index >= 15 is 0 Å². The highest BCUT2D eigenvalue weighted by Gasteiger charge is 2.57. The molecule has 5 atom stereocenters. The summed E-state index contributed by atoms with van der Waals surface area (Å²) in [7, 11) is 0. The average Bonchev–Trinajstić information content (AvgIpc) is 3.45. The Bertz CT molecular complexity index is 1320. The summed E-state index contributed by atoms with van der Waals surface area (Å²) in [6, 6.07) is 11.3. The number of nitrogens with one attached hydrogen (secondary N) is 1. The number of furan rings is 1. The zero-order chi connectivity index (χ0) is 24.0. The van der Waals surface area contributed by atoms with Crippen molar-refractivity contribution in [3.8, 4) is 5.75 Å². The summed E-state index contributed by atoms with van der Waals surface area (Å²) in [6.45, 7) is 1.16. The summed E-state index contributed by atoms with van der Waals surface area (Å²) in [6.07, 6.45) is -4.03. The van der Waals surface area contributed by atoms with E-state index in [1.54, 1.807) is 12.3 Å². The molecule has 6 N–H and O–H groups in total. The van der Waals surface area contributed by atoms with Crippen molar-refractivity contribution in [2.45, 2.75) is 50.2 Å². The van der Waals surface area contributed by atoms with Crippen molar-refractivity contribution in [3.05, 3.63) is 59.5 Å². The van der Waals surface area contributed by atoms with Gasteiger partial charge >= 0.3 is 0 Å². The normalized spacial score (nSPS) is 27.5. The number of hydrogen-bond acceptors (Lipinski definition) is 9. The minimum atomic E-state index is -2.67. The topological polar surface area (TPSA) is 161 Å². The zero-order valence-electron chi connectivity index (χ0n) is 18.4. The molecule has 0 bridgehead atoms. The van der Waals surface area contributed by atoms with Gasteiger partial charge in [-0.15, -0.1) is 0 Å². The second-order valence-electron chi connectivity index (χ2n) is 8.65. The molecule has 2 aromatic carbocycles. The van der Waals surface area contributed by atoms with Crippen LogP contribution in [-0.4, -0.2) is 72.7 Å². The molecule has 0 saturated carbocycles. The van der Waals surface area contributed by atoms with Crippen LogP contribution in [0.2, 0.25) is 0 Å². The number of aliphatic hydroxyl groups excluding tert-OH is 4. The maximum Gasteiger partial charge on any atom is 0.288 e. The Kier molecular flexibility index (Phi) is 5.80. The SMILES string of the molecule is Cc1cc(O[C@]2(O)[C@@H](O)O[C@H](CO)[C@@H](O)[C@@H]2O)c2c(CCc3ccc4occc4c3)[nH]nc2c1. The van der Waals surface area contributed by atoms with Crippen LogP contribution in [0.15, 0.2) is 47.1 Å². The number of nitrogens with zero attached hydrogens (tertiary/aromatic N) is 1. The smallest absolute Gasteiger partial charge is 0.288 e. The number of aromatic amines is 1. The van der Waals surface area contributed by atoms with Gasteiger partial charge in [-0.3, -0.25) is 5.10 Å². The first kappa shape index (κ1) is 22.8. The summed E-state index contributed by atoms with van der Waals surface area (Å²) in [5.41, 5.74) is 3.98. The van der Waals surface area contributed by atoms with Gasteiger partial charge in [0.1, 0.15) is 23.5 Å². The van der Waals surface area contributed by atoms with Crippen LogP contribution < -0.4 is 4.74 Å². The molecular weight excluding hydrogens is 444 g/mol. The first-order valence-electron chi connectivity index (χ1n) is 11.0. The third-order valence-electron chi connectivity index (χ3n) is 6.26. The number of ether oxygens (including phenoxy) is 2. The van der Waals surface area contributed by atoms with Gasteiger partial charge in [0, 0.05) is 11.1 Å². The van der Waals surface area contributed by atoms with Crippen LogP contribution in [-0.2, 0) is 17.6 Å². The maximum absolute atomic E-state index is 11.0. The van der Waals surface area contributed by atoms with Crippen molar-refractivity contribution in [3.63, 3.8) is 0 Å². The van der Waals surface area contributed by atoms with Crippen molar-refractivity contribution >= 4 is 21.9 Å². The number of aliphatic hydroxyl groups is 5. The Morgan fingerprint density at radius 3 is 2.74 bits per heavy atom. The van der Waals surface area contributed by atoms with Gasteiger partial charge < -0.3 is 39.4 Å². The second-order valence-corrected chi connectivity index (χ2v) is 8.65. The van der Waals surface area contributed by atoms with Crippen molar-refractivity contribution in [2.24, 2.45) is 0 Å². The summed E-state index contributed by atoms with van der Waals surface area (Å²) in [4.78, 5) is 0. The third kappa shape index (κ3) is 3.84. The molecule has 1 fully saturated rings. The molecule has 0 aliphatic carbocycles. The van der Waals surface area contributed by atoms with E-state index in [-0.39, 0.29) is 5.75 Å². The number of hydrogen-bond donors (Lipinski definition) is 6. The highest BCUT2D eigenvalue weighted by atomic mass is 16.7. The third-order valence-corrected chi connectivity index (χ3v) is 6.26. The van der Waals surface area contributed by atoms with Gasteiger partial charge in [-0.1, -0.05) is 6.07 Å². The molecule has 180 valence electrons. The lowest BCUT2D eigenvalue weighted by atomic mass is 9.95. The Balaban J connectivity index is 1.46. The van der Waals surface area contributed by atoms with Crippen molar-refractivity contribution in [1.29, 1.82) is 0 Å². The first-order valence-corrected chi connectivity index (χ1v) is 11.0. The molecule has 1 aliphatic heterocycles. The first-order chi connectivity index (χ1) is 16.3. The summed E-state index contributed by atoms with van der Waals surface area (Å²) in [5, 5.41) is 60.3. The largest absolute Gasteiger partial charge is 0.464 e. The van der Waals surface area contributed by atoms with Gasteiger partial charge in [0.05, 0.1) is 23.8 Å². The predicted octanol–water partition coefficient (Wildman–Crippen LogP) is 0.901. The zero-order valence-corrected chi connectivity index (χ0v) is 18.4. The van der Waals surface area contributed by atoms with E-state index in [4.69, 9.17) is 13.9 Å². The molecule has 1 saturated heterocycles. The monoisotopic (exact) mass is 470 g/mol. The number of aryl methyl sites for hydroxylation is 3.